The zero-order valence-electron chi connectivity index (χ0n) is 9.46. The van der Waals surface area contributed by atoms with E-state index in [1.807, 2.05) is 0 Å². The lowest BCUT2D eigenvalue weighted by Crippen LogP contribution is -2.51. The van der Waals surface area contributed by atoms with Gasteiger partial charge in [0, 0.05) is 12.6 Å². The van der Waals surface area contributed by atoms with Crippen LogP contribution in [0.5, 0.6) is 0 Å². The number of hydrogen-bond acceptors (Lipinski definition) is 3. The van der Waals surface area contributed by atoms with Crippen LogP contribution in [0.4, 0.5) is 0 Å². The summed E-state index contributed by atoms with van der Waals surface area (Å²) in [4.78, 5) is 0. The Morgan fingerprint density at radius 1 is 1.40 bits per heavy atom. The van der Waals surface area contributed by atoms with E-state index in [0.29, 0.717) is 18.6 Å². The highest BCUT2D eigenvalue weighted by atomic mass is 16.5. The van der Waals surface area contributed by atoms with Crippen molar-refractivity contribution < 1.29 is 4.74 Å². The maximum Gasteiger partial charge on any atom is 0.133 e. The molecule has 84 valence electrons. The van der Waals surface area contributed by atoms with Gasteiger partial charge in [0.15, 0.2) is 0 Å². The Morgan fingerprint density at radius 3 is 2.60 bits per heavy atom. The van der Waals surface area contributed by atoms with Crippen molar-refractivity contribution in [2.24, 2.45) is 5.92 Å². The van der Waals surface area contributed by atoms with Crippen LogP contribution in [0.3, 0.4) is 0 Å². The smallest absolute Gasteiger partial charge is 0.133 e. The van der Waals surface area contributed by atoms with Crippen LogP contribution >= 0.6 is 0 Å². The summed E-state index contributed by atoms with van der Waals surface area (Å²) in [7, 11) is 0. The number of hydrogen-bond donors (Lipinski definition) is 1. The Kier molecular flexibility index (Phi) is 3.28. The summed E-state index contributed by atoms with van der Waals surface area (Å²) >= 11 is 0. The third-order valence-corrected chi connectivity index (χ3v) is 3.19. The highest BCUT2D eigenvalue weighted by Crippen LogP contribution is 2.41. The minimum atomic E-state index is -0.379. The molecule has 2 saturated carbocycles. The lowest BCUT2D eigenvalue weighted by molar-refractivity contribution is 0.0803. The lowest BCUT2D eigenvalue weighted by Gasteiger charge is -2.27. The van der Waals surface area contributed by atoms with E-state index in [4.69, 9.17) is 4.74 Å². The Labute approximate surface area is 91.8 Å². The predicted octanol–water partition coefficient (Wildman–Crippen LogP) is 1.84. The van der Waals surface area contributed by atoms with Crippen molar-refractivity contribution in [1.82, 2.24) is 5.32 Å². The molecular weight excluding hydrogens is 188 g/mol. The molecule has 2 aliphatic rings. The molecule has 0 aromatic carbocycles. The van der Waals surface area contributed by atoms with Crippen LogP contribution < -0.4 is 5.32 Å². The Bertz CT molecular complexity index is 253. The van der Waals surface area contributed by atoms with Crippen LogP contribution in [-0.4, -0.2) is 24.8 Å². The highest BCUT2D eigenvalue weighted by Gasteiger charge is 2.48. The third kappa shape index (κ3) is 2.70. The van der Waals surface area contributed by atoms with Crippen molar-refractivity contribution in [1.29, 1.82) is 5.26 Å². The molecule has 0 spiro atoms. The van der Waals surface area contributed by atoms with Crippen molar-refractivity contribution in [2.75, 3.05) is 13.2 Å². The molecule has 2 rings (SSSR count). The second-order valence-electron chi connectivity index (χ2n) is 4.83. The van der Waals surface area contributed by atoms with Crippen LogP contribution in [0.1, 0.15) is 39.0 Å². The highest BCUT2D eigenvalue weighted by molar-refractivity contribution is 5.17. The van der Waals surface area contributed by atoms with Crippen molar-refractivity contribution in [3.8, 4) is 6.07 Å². The molecule has 0 bridgehead atoms. The van der Waals surface area contributed by atoms with Crippen molar-refractivity contribution in [3.63, 3.8) is 0 Å². The van der Waals surface area contributed by atoms with Gasteiger partial charge in [0.2, 0.25) is 0 Å². The number of rotatable bonds is 7. The molecule has 1 unspecified atom stereocenters. The van der Waals surface area contributed by atoms with Crippen LogP contribution in [0.2, 0.25) is 0 Å². The molecule has 1 atom stereocenters. The fraction of sp³-hybridized carbons (Fsp3) is 0.917. The van der Waals surface area contributed by atoms with Gasteiger partial charge in [0.1, 0.15) is 5.54 Å². The molecule has 2 fully saturated rings. The van der Waals surface area contributed by atoms with E-state index in [1.54, 1.807) is 0 Å². The molecule has 3 nitrogen and oxygen atoms in total. The number of nitriles is 1. The van der Waals surface area contributed by atoms with Gasteiger partial charge in [-0.3, -0.25) is 5.32 Å². The van der Waals surface area contributed by atoms with Gasteiger partial charge in [-0.25, -0.2) is 0 Å². The molecule has 0 radical (unpaired) electrons. The van der Waals surface area contributed by atoms with E-state index in [2.05, 4.69) is 18.3 Å². The zero-order valence-corrected chi connectivity index (χ0v) is 9.46. The molecule has 0 aromatic heterocycles. The van der Waals surface area contributed by atoms with Gasteiger partial charge in [-0.15, -0.1) is 0 Å². The molecular formula is C12H20N2O. The molecule has 0 aliphatic heterocycles. The van der Waals surface area contributed by atoms with Crippen LogP contribution in [0, 0.1) is 17.2 Å². The van der Waals surface area contributed by atoms with Crippen molar-refractivity contribution >= 4 is 0 Å². The van der Waals surface area contributed by atoms with E-state index < -0.39 is 0 Å². The third-order valence-electron chi connectivity index (χ3n) is 3.19. The Balaban J connectivity index is 1.89. The summed E-state index contributed by atoms with van der Waals surface area (Å²) < 4.78 is 5.58. The zero-order chi connectivity index (χ0) is 10.7. The number of nitrogens with one attached hydrogen (secondary N) is 1. The molecule has 3 heteroatoms. The predicted molar refractivity (Wildman–Crippen MR) is 58.3 cm³/mol. The van der Waals surface area contributed by atoms with E-state index in [-0.39, 0.29) is 5.54 Å². The van der Waals surface area contributed by atoms with E-state index in [9.17, 15) is 5.26 Å². The molecule has 0 heterocycles. The average molecular weight is 208 g/mol. The monoisotopic (exact) mass is 208 g/mol. The first-order valence-electron chi connectivity index (χ1n) is 6.07. The lowest BCUT2D eigenvalue weighted by atomic mass is 9.96. The van der Waals surface area contributed by atoms with Gasteiger partial charge in [0.05, 0.1) is 12.7 Å². The average Bonchev–Trinajstić information content (AvgIpc) is 3.09. The topological polar surface area (TPSA) is 45.0 Å². The van der Waals surface area contributed by atoms with Gasteiger partial charge in [-0.1, -0.05) is 6.92 Å². The van der Waals surface area contributed by atoms with E-state index in [1.165, 1.54) is 25.7 Å². The van der Waals surface area contributed by atoms with Gasteiger partial charge in [-0.2, -0.15) is 5.26 Å². The summed E-state index contributed by atoms with van der Waals surface area (Å²) in [6.45, 7) is 3.43. The molecule has 0 saturated heterocycles. The standard InChI is InChI=1S/C12H20N2O/c1-2-7-15-9-12(8-13,10-3-4-10)14-11-5-6-11/h10-11,14H,2-7,9H2,1H3. The van der Waals surface area contributed by atoms with Gasteiger partial charge in [-0.05, 0) is 38.0 Å². The molecule has 2 aliphatic carbocycles. The fourth-order valence-electron chi connectivity index (χ4n) is 1.98. The maximum atomic E-state index is 9.37. The van der Waals surface area contributed by atoms with Crippen molar-refractivity contribution in [3.05, 3.63) is 0 Å². The van der Waals surface area contributed by atoms with Gasteiger partial charge in [0.25, 0.3) is 0 Å². The maximum absolute atomic E-state index is 9.37. The van der Waals surface area contributed by atoms with Crippen LogP contribution in [0.15, 0.2) is 0 Å². The second-order valence-corrected chi connectivity index (χ2v) is 4.83. The van der Waals surface area contributed by atoms with Crippen LogP contribution in [-0.2, 0) is 4.74 Å². The summed E-state index contributed by atoms with van der Waals surface area (Å²) in [5, 5.41) is 12.9. The largest absolute Gasteiger partial charge is 0.378 e. The molecule has 0 amide bonds. The van der Waals surface area contributed by atoms with E-state index >= 15 is 0 Å². The molecule has 15 heavy (non-hydrogen) atoms. The quantitative estimate of drug-likeness (QED) is 0.649. The minimum absolute atomic E-state index is 0.379. The van der Waals surface area contributed by atoms with Crippen LogP contribution in [0.25, 0.3) is 0 Å². The summed E-state index contributed by atoms with van der Waals surface area (Å²) in [5.74, 6) is 0.528. The Morgan fingerprint density at radius 2 is 2.13 bits per heavy atom. The molecule has 1 N–H and O–H groups in total. The minimum Gasteiger partial charge on any atom is -0.378 e. The fourth-order valence-corrected chi connectivity index (χ4v) is 1.98. The SMILES string of the molecule is CCCOCC(C#N)(NC1CC1)C1CC1. The second kappa shape index (κ2) is 4.51. The summed E-state index contributed by atoms with van der Waals surface area (Å²) in [6.07, 6.45) is 5.84. The number of ether oxygens (including phenoxy) is 1. The van der Waals surface area contributed by atoms with Crippen molar-refractivity contribution in [2.45, 2.75) is 50.6 Å². The summed E-state index contributed by atoms with van der Waals surface area (Å²) in [5.41, 5.74) is -0.379. The summed E-state index contributed by atoms with van der Waals surface area (Å²) in [6, 6.07) is 3.05. The first-order chi connectivity index (χ1) is 7.30. The molecule has 0 aromatic rings. The van der Waals surface area contributed by atoms with Gasteiger partial charge < -0.3 is 4.74 Å². The first kappa shape index (κ1) is 10.9. The normalized spacial score (nSPS) is 24.5. The Hall–Kier alpha value is -0.590. The van der Waals surface area contributed by atoms with E-state index in [0.717, 1.165) is 13.0 Å². The number of nitrogens with zero attached hydrogens (tertiary/aromatic N) is 1. The first-order valence-corrected chi connectivity index (χ1v) is 6.07. The van der Waals surface area contributed by atoms with Gasteiger partial charge >= 0.3 is 0 Å².